The van der Waals surface area contributed by atoms with E-state index in [4.69, 9.17) is 17.0 Å². The van der Waals surface area contributed by atoms with Crippen LogP contribution in [0.2, 0.25) is 0 Å². The number of thiazole rings is 1. The highest BCUT2D eigenvalue weighted by atomic mass is 32.1. The molecule has 10 heteroatoms. The van der Waals surface area contributed by atoms with Crippen molar-refractivity contribution in [1.29, 1.82) is 0 Å². The van der Waals surface area contributed by atoms with Crippen molar-refractivity contribution in [2.24, 2.45) is 10.9 Å². The van der Waals surface area contributed by atoms with Crippen LogP contribution in [0.15, 0.2) is 23.2 Å². The summed E-state index contributed by atoms with van der Waals surface area (Å²) in [6.45, 7) is 3.40. The number of carbonyl (C=O) groups excluding carboxylic acids is 1. The number of ether oxygens (including phenoxy) is 1. The summed E-state index contributed by atoms with van der Waals surface area (Å²) in [7, 11) is 1.20. The average molecular weight is 436 g/mol. The molecule has 0 saturated heterocycles. The van der Waals surface area contributed by atoms with Crippen LogP contribution in [-0.2, 0) is 14.3 Å². The number of hydrogen-bond donors (Lipinski definition) is 2. The summed E-state index contributed by atoms with van der Waals surface area (Å²) < 4.78 is 19.9. The third-order valence-corrected chi connectivity index (χ3v) is 5.73. The second-order valence-corrected chi connectivity index (χ2v) is 8.30. The van der Waals surface area contributed by atoms with Gasteiger partial charge in [-0.25, -0.2) is 19.0 Å². The minimum absolute atomic E-state index is 0.0444. The van der Waals surface area contributed by atoms with E-state index in [9.17, 15) is 24.2 Å². The maximum absolute atomic E-state index is 13.8. The summed E-state index contributed by atoms with van der Waals surface area (Å²) in [6.07, 6.45) is 1.44. The summed E-state index contributed by atoms with van der Waals surface area (Å²) in [5.74, 6) is -3.05. The third-order valence-electron chi connectivity index (χ3n) is 4.40. The van der Waals surface area contributed by atoms with E-state index < -0.39 is 23.8 Å². The minimum Gasteiger partial charge on any atom is -0.493 e. The van der Waals surface area contributed by atoms with E-state index in [-0.39, 0.29) is 31.9 Å². The van der Waals surface area contributed by atoms with Gasteiger partial charge >= 0.3 is 11.9 Å². The van der Waals surface area contributed by atoms with Crippen molar-refractivity contribution >= 4 is 58.5 Å². The lowest BCUT2D eigenvalue weighted by atomic mass is 10.0. The lowest BCUT2D eigenvalue weighted by molar-refractivity contribution is -0.142. The van der Waals surface area contributed by atoms with Gasteiger partial charge in [0.2, 0.25) is 5.88 Å². The molecular weight excluding hydrogens is 419 g/mol. The molecule has 0 fully saturated rings. The standard InChI is InChI=1S/C19H17FN2O5S2/c1-8(2)15(17(24)25)22-16(23)13(29-19(22)28)7-11-10-6-9(20)4-5-12(10)21-14(11)18(26)27-3/h4-8,15,23H,1-3H3,(H,24,25). The van der Waals surface area contributed by atoms with Gasteiger partial charge in [-0.3, -0.25) is 4.57 Å². The number of halogens is 1. The van der Waals surface area contributed by atoms with Crippen LogP contribution in [0, 0.1) is 15.7 Å². The van der Waals surface area contributed by atoms with Crippen LogP contribution in [0.3, 0.4) is 0 Å². The average Bonchev–Trinajstić information content (AvgIpc) is 3.13. The van der Waals surface area contributed by atoms with Gasteiger partial charge in [0, 0.05) is 11.1 Å². The quantitative estimate of drug-likeness (QED) is 0.538. The van der Waals surface area contributed by atoms with Gasteiger partial charge in [-0.15, -0.1) is 11.3 Å². The number of benzene rings is 1. The Kier molecular flexibility index (Phi) is 5.67. The first-order chi connectivity index (χ1) is 13.6. The van der Waals surface area contributed by atoms with Crippen LogP contribution in [0.4, 0.5) is 10.1 Å². The van der Waals surface area contributed by atoms with Crippen molar-refractivity contribution in [3.63, 3.8) is 0 Å². The number of aliphatic imine (C=N–C) groups is 1. The number of esters is 1. The number of hydrogen-bond acceptors (Lipinski definition) is 7. The molecule has 2 aromatic rings. The maximum atomic E-state index is 13.8. The third kappa shape index (κ3) is 3.73. The first kappa shape index (κ1) is 20.9. The van der Waals surface area contributed by atoms with Crippen LogP contribution in [0.5, 0.6) is 5.88 Å². The Labute approximate surface area is 174 Å². The van der Waals surface area contributed by atoms with Gasteiger partial charge in [0.05, 0.1) is 17.7 Å². The molecule has 1 aliphatic heterocycles. The van der Waals surface area contributed by atoms with Gasteiger partial charge in [0.15, 0.2) is 9.67 Å². The molecule has 1 aromatic heterocycles. The van der Waals surface area contributed by atoms with E-state index in [0.717, 1.165) is 15.9 Å². The normalized spacial score (nSPS) is 15.3. The molecule has 152 valence electrons. The molecule has 0 saturated carbocycles. The predicted molar refractivity (Wildman–Crippen MR) is 110 cm³/mol. The Morgan fingerprint density at radius 3 is 2.66 bits per heavy atom. The number of methoxy groups -OCH3 is 1. The zero-order chi connectivity index (χ0) is 21.5. The maximum Gasteiger partial charge on any atom is 0.357 e. The molecule has 0 radical (unpaired) electrons. The highest BCUT2D eigenvalue weighted by Gasteiger charge is 2.31. The first-order valence-electron chi connectivity index (χ1n) is 8.51. The number of carboxylic acid groups (broad SMARTS) is 1. The summed E-state index contributed by atoms with van der Waals surface area (Å²) >= 11 is 6.24. The van der Waals surface area contributed by atoms with Gasteiger partial charge in [-0.2, -0.15) is 0 Å². The molecule has 0 amide bonds. The zero-order valence-corrected chi connectivity index (χ0v) is 17.3. The number of carbonyl (C=O) groups is 2. The van der Waals surface area contributed by atoms with Crippen LogP contribution in [0.1, 0.15) is 30.3 Å². The van der Waals surface area contributed by atoms with E-state index in [1.807, 2.05) is 0 Å². The summed E-state index contributed by atoms with van der Waals surface area (Å²) in [4.78, 5) is 28.3. The van der Waals surface area contributed by atoms with Crippen LogP contribution in [-0.4, -0.2) is 39.5 Å². The van der Waals surface area contributed by atoms with E-state index >= 15 is 0 Å². The van der Waals surface area contributed by atoms with E-state index in [0.29, 0.717) is 11.3 Å². The highest BCUT2D eigenvalue weighted by molar-refractivity contribution is 7.73. The van der Waals surface area contributed by atoms with Gasteiger partial charge in [0.25, 0.3) is 0 Å². The number of aromatic hydroxyl groups is 1. The van der Waals surface area contributed by atoms with Crippen LogP contribution >= 0.6 is 23.6 Å². The van der Waals surface area contributed by atoms with Crippen molar-refractivity contribution in [3.05, 3.63) is 38.4 Å². The number of fused-ring (bicyclic) bond motifs is 1. The van der Waals surface area contributed by atoms with Gasteiger partial charge < -0.3 is 14.9 Å². The predicted octanol–water partition coefficient (Wildman–Crippen LogP) is 4.21. The molecule has 1 unspecified atom stereocenters. The molecule has 0 bridgehead atoms. The smallest absolute Gasteiger partial charge is 0.357 e. The Morgan fingerprint density at radius 1 is 1.38 bits per heavy atom. The summed E-state index contributed by atoms with van der Waals surface area (Å²) in [6, 6.07) is 2.81. The largest absolute Gasteiger partial charge is 0.493 e. The molecule has 0 spiro atoms. The molecule has 1 aliphatic rings. The van der Waals surface area contributed by atoms with E-state index in [1.54, 1.807) is 13.8 Å². The fraction of sp³-hybridized carbons (Fsp3) is 0.263. The Morgan fingerprint density at radius 2 is 2.07 bits per heavy atom. The van der Waals surface area contributed by atoms with Crippen molar-refractivity contribution in [1.82, 2.24) is 4.57 Å². The fourth-order valence-corrected chi connectivity index (χ4v) is 4.41. The number of nitrogens with zero attached hydrogens (tertiary/aromatic N) is 2. The summed E-state index contributed by atoms with van der Waals surface area (Å²) in [5, 5.41) is 20.2. The molecule has 1 atom stereocenters. The summed E-state index contributed by atoms with van der Waals surface area (Å²) in [5.41, 5.74) is 0.943. The molecule has 3 rings (SSSR count). The number of aliphatic carboxylic acids is 1. The minimum atomic E-state index is -1.13. The lowest BCUT2D eigenvalue weighted by Gasteiger charge is -2.18. The zero-order valence-electron chi connectivity index (χ0n) is 15.7. The molecular formula is C19H17FN2O5S2. The monoisotopic (exact) mass is 436 g/mol. The van der Waals surface area contributed by atoms with Gasteiger partial charge in [-0.05, 0) is 42.4 Å². The SMILES string of the molecule is COC(=O)C1=Nc2ccc(F)cc2C1=Cc1sc(=S)n(C(C(=O)O)C(C)C)c1O. The van der Waals surface area contributed by atoms with Crippen molar-refractivity contribution in [2.75, 3.05) is 7.11 Å². The lowest BCUT2D eigenvalue weighted by Crippen LogP contribution is -2.23. The fourth-order valence-electron chi connectivity index (χ4n) is 3.09. The topological polar surface area (TPSA) is 101 Å². The van der Waals surface area contributed by atoms with Crippen LogP contribution < -0.4 is 0 Å². The van der Waals surface area contributed by atoms with Gasteiger partial charge in [0.1, 0.15) is 11.9 Å². The molecule has 0 aliphatic carbocycles. The Bertz CT molecular complexity index is 1130. The number of aromatic nitrogens is 1. The first-order valence-corrected chi connectivity index (χ1v) is 9.74. The van der Waals surface area contributed by atoms with E-state index in [2.05, 4.69) is 4.99 Å². The van der Waals surface area contributed by atoms with Crippen molar-refractivity contribution < 1.29 is 28.9 Å². The number of rotatable bonds is 5. The molecule has 1 aromatic carbocycles. The van der Waals surface area contributed by atoms with E-state index in [1.165, 1.54) is 31.4 Å². The van der Waals surface area contributed by atoms with Gasteiger partial charge in [-0.1, -0.05) is 13.8 Å². The van der Waals surface area contributed by atoms with Crippen molar-refractivity contribution in [3.8, 4) is 5.88 Å². The second-order valence-electron chi connectivity index (χ2n) is 6.62. The molecule has 29 heavy (non-hydrogen) atoms. The van der Waals surface area contributed by atoms with Crippen LogP contribution in [0.25, 0.3) is 11.6 Å². The molecule has 2 N–H and O–H groups in total. The second kappa shape index (κ2) is 7.88. The highest BCUT2D eigenvalue weighted by Crippen LogP contribution is 2.40. The molecule has 7 nitrogen and oxygen atoms in total. The number of carboxylic acids is 1. The Hall–Kier alpha value is -2.85. The van der Waals surface area contributed by atoms with Crippen molar-refractivity contribution in [2.45, 2.75) is 19.9 Å². The molecule has 2 heterocycles. The Balaban J connectivity index is 2.20.